The van der Waals surface area contributed by atoms with E-state index >= 15 is 0 Å². The fraction of sp³-hybridized carbons (Fsp3) is 0.571. The summed E-state index contributed by atoms with van der Waals surface area (Å²) in [4.78, 5) is 6.06. The van der Waals surface area contributed by atoms with E-state index in [1.807, 2.05) is 37.4 Å². The lowest BCUT2D eigenvalue weighted by Crippen LogP contribution is -3.20. The zero-order chi connectivity index (χ0) is 17.4. The molecule has 4 heteroatoms. The monoisotopic (exact) mass is 341 g/mol. The first-order valence-electron chi connectivity index (χ1n) is 9.75. The van der Waals surface area contributed by atoms with Crippen LogP contribution < -0.4 is 9.64 Å². The molecule has 0 amide bonds. The van der Waals surface area contributed by atoms with Gasteiger partial charge in [-0.05, 0) is 49.1 Å². The lowest BCUT2D eigenvalue weighted by molar-refractivity contribution is -0.950. The maximum atomic E-state index is 11.3. The maximum absolute atomic E-state index is 11.3. The third-order valence-corrected chi connectivity index (χ3v) is 6.39. The van der Waals surface area contributed by atoms with Gasteiger partial charge in [0.2, 0.25) is 0 Å². The summed E-state index contributed by atoms with van der Waals surface area (Å²) in [5.74, 6) is 2.47. The number of aliphatic hydroxyl groups excluding tert-OH is 1. The number of piperidine rings is 3. The molecule has 1 aromatic heterocycles. The molecule has 134 valence electrons. The molecular formula is C21H29N2O2+. The van der Waals surface area contributed by atoms with Gasteiger partial charge in [-0.15, -0.1) is 0 Å². The number of rotatable bonds is 5. The highest BCUT2D eigenvalue weighted by atomic mass is 16.5. The number of hydrogen-bond acceptors (Lipinski definition) is 3. The molecule has 2 aromatic rings. The van der Waals surface area contributed by atoms with Crippen molar-refractivity contribution in [2.45, 2.75) is 45.3 Å². The second kappa shape index (κ2) is 6.93. The number of ether oxygens (including phenoxy) is 1. The van der Waals surface area contributed by atoms with Gasteiger partial charge in [0.15, 0.2) is 0 Å². The lowest BCUT2D eigenvalue weighted by atomic mass is 9.72. The van der Waals surface area contributed by atoms with E-state index in [4.69, 9.17) is 4.74 Å². The fourth-order valence-electron chi connectivity index (χ4n) is 5.06. The zero-order valence-electron chi connectivity index (χ0n) is 15.2. The van der Waals surface area contributed by atoms with Crippen LogP contribution in [-0.4, -0.2) is 35.8 Å². The minimum absolute atomic E-state index is 0.308. The second-order valence-corrected chi connectivity index (χ2v) is 7.63. The molecular weight excluding hydrogens is 312 g/mol. The lowest BCUT2D eigenvalue weighted by Gasteiger charge is -2.48. The molecule has 1 unspecified atom stereocenters. The summed E-state index contributed by atoms with van der Waals surface area (Å²) >= 11 is 0. The normalized spacial score (nSPS) is 29.7. The Morgan fingerprint density at radius 2 is 2.20 bits per heavy atom. The van der Waals surface area contributed by atoms with Crippen LogP contribution in [0.5, 0.6) is 5.75 Å². The van der Waals surface area contributed by atoms with Crippen molar-refractivity contribution in [3.63, 3.8) is 0 Å². The predicted octanol–water partition coefficient (Wildman–Crippen LogP) is 2.37. The summed E-state index contributed by atoms with van der Waals surface area (Å²) in [6.07, 6.45) is 5.12. The maximum Gasteiger partial charge on any atom is 0.131 e. The molecule has 0 spiro atoms. The van der Waals surface area contributed by atoms with E-state index in [9.17, 15) is 5.11 Å². The fourth-order valence-corrected chi connectivity index (χ4v) is 5.06. The number of nitrogens with one attached hydrogen (secondary N) is 1. The van der Waals surface area contributed by atoms with E-state index < -0.39 is 6.10 Å². The molecule has 0 radical (unpaired) electrons. The summed E-state index contributed by atoms with van der Waals surface area (Å²) in [7, 11) is 0. The Morgan fingerprint density at radius 3 is 2.92 bits per heavy atom. The largest absolute Gasteiger partial charge is 0.494 e. The summed E-state index contributed by atoms with van der Waals surface area (Å²) < 4.78 is 5.66. The van der Waals surface area contributed by atoms with E-state index in [0.717, 1.165) is 40.5 Å². The van der Waals surface area contributed by atoms with Gasteiger partial charge < -0.3 is 14.7 Å². The standard InChI is InChI=1S/C21H28N2O2/c1-3-14-13-23-10-8-15(14)11-20(23)21(24)17-7-9-22-19-6-5-16(25-4-2)12-18(17)19/h5-7,9,12,14-15,20-21,24H,3-4,8,10-11,13H2,1-2H3/p+1/t14-,15-,20-,21+/m0/s1. The van der Waals surface area contributed by atoms with E-state index in [0.29, 0.717) is 12.6 Å². The number of aliphatic hydroxyl groups is 1. The quantitative estimate of drug-likeness (QED) is 0.878. The molecule has 3 fully saturated rings. The summed E-state index contributed by atoms with van der Waals surface area (Å²) in [6, 6.07) is 8.28. The first-order chi connectivity index (χ1) is 12.2. The van der Waals surface area contributed by atoms with E-state index in [-0.39, 0.29) is 0 Å². The molecule has 5 atom stereocenters. The molecule has 2 N–H and O–H groups in total. The highest BCUT2D eigenvalue weighted by Gasteiger charge is 2.46. The van der Waals surface area contributed by atoms with Crippen molar-refractivity contribution in [2.24, 2.45) is 11.8 Å². The molecule has 4 heterocycles. The van der Waals surface area contributed by atoms with Gasteiger partial charge in [-0.25, -0.2) is 0 Å². The van der Waals surface area contributed by atoms with Crippen LogP contribution in [0.3, 0.4) is 0 Å². The first kappa shape index (κ1) is 16.8. The number of aromatic nitrogens is 1. The first-order valence-corrected chi connectivity index (χ1v) is 9.75. The van der Waals surface area contributed by atoms with Crippen LogP contribution in [0.2, 0.25) is 0 Å². The van der Waals surface area contributed by atoms with Gasteiger partial charge in [0.1, 0.15) is 17.9 Å². The molecule has 1 aromatic carbocycles. The van der Waals surface area contributed by atoms with Crippen LogP contribution in [0.4, 0.5) is 0 Å². The van der Waals surface area contributed by atoms with E-state index in [1.165, 1.54) is 25.9 Å². The Labute approximate surface area is 149 Å². The Bertz CT molecular complexity index is 748. The third kappa shape index (κ3) is 3.02. The molecule has 0 saturated carbocycles. The number of nitrogens with zero attached hydrogens (tertiary/aromatic N) is 1. The Morgan fingerprint density at radius 1 is 1.32 bits per heavy atom. The molecule has 3 aliphatic rings. The van der Waals surface area contributed by atoms with Gasteiger partial charge in [0.25, 0.3) is 0 Å². The average molecular weight is 341 g/mol. The second-order valence-electron chi connectivity index (χ2n) is 7.63. The van der Waals surface area contributed by atoms with Crippen LogP contribution in [-0.2, 0) is 0 Å². The SMILES string of the molecule is CCOc1ccc2nccc([C@@H](O)[C@@H]3C[C@@H]4CC[NH+]3C[C@@H]4CC)c2c1. The molecule has 5 rings (SSSR count). The van der Waals surface area contributed by atoms with E-state index in [1.54, 1.807) is 4.90 Å². The predicted molar refractivity (Wildman–Crippen MR) is 98.9 cm³/mol. The topological polar surface area (TPSA) is 46.8 Å². The number of fused-ring (bicyclic) bond motifs is 4. The van der Waals surface area contributed by atoms with Crippen molar-refractivity contribution >= 4 is 10.9 Å². The average Bonchev–Trinajstić information content (AvgIpc) is 2.67. The van der Waals surface area contributed by atoms with Gasteiger partial charge in [0.05, 0.1) is 25.2 Å². The Balaban J connectivity index is 1.66. The summed E-state index contributed by atoms with van der Waals surface area (Å²) in [5.41, 5.74) is 1.93. The van der Waals surface area contributed by atoms with Crippen molar-refractivity contribution in [1.82, 2.24) is 4.98 Å². The molecule has 0 aliphatic carbocycles. The van der Waals surface area contributed by atoms with Crippen LogP contribution in [0.15, 0.2) is 30.5 Å². The minimum atomic E-state index is -0.432. The van der Waals surface area contributed by atoms with Crippen molar-refractivity contribution < 1.29 is 14.7 Å². The molecule has 3 saturated heterocycles. The van der Waals surface area contributed by atoms with Crippen molar-refractivity contribution in [3.05, 3.63) is 36.0 Å². The number of benzene rings is 1. The molecule has 2 bridgehead atoms. The molecule has 4 nitrogen and oxygen atoms in total. The number of quaternary nitrogens is 1. The van der Waals surface area contributed by atoms with Gasteiger partial charge >= 0.3 is 0 Å². The molecule has 3 aliphatic heterocycles. The molecule has 25 heavy (non-hydrogen) atoms. The number of hydrogen-bond donors (Lipinski definition) is 2. The number of pyridine rings is 1. The summed E-state index contributed by atoms with van der Waals surface area (Å²) in [6.45, 7) is 7.36. The van der Waals surface area contributed by atoms with Gasteiger partial charge in [-0.2, -0.15) is 0 Å². The Kier molecular flexibility index (Phi) is 4.65. The smallest absolute Gasteiger partial charge is 0.131 e. The van der Waals surface area contributed by atoms with Crippen molar-refractivity contribution in [2.75, 3.05) is 19.7 Å². The van der Waals surface area contributed by atoms with E-state index in [2.05, 4.69) is 11.9 Å². The van der Waals surface area contributed by atoms with Crippen LogP contribution in [0.1, 0.15) is 44.8 Å². The van der Waals surface area contributed by atoms with Gasteiger partial charge in [-0.3, -0.25) is 4.98 Å². The van der Waals surface area contributed by atoms with Crippen LogP contribution in [0.25, 0.3) is 10.9 Å². The summed E-state index contributed by atoms with van der Waals surface area (Å²) in [5, 5.41) is 12.3. The van der Waals surface area contributed by atoms with Crippen LogP contribution in [0, 0.1) is 11.8 Å². The van der Waals surface area contributed by atoms with Gasteiger partial charge in [0, 0.05) is 30.3 Å². The Hall–Kier alpha value is -1.65. The zero-order valence-corrected chi connectivity index (χ0v) is 15.2. The van der Waals surface area contributed by atoms with Crippen molar-refractivity contribution in [1.29, 1.82) is 0 Å². The minimum Gasteiger partial charge on any atom is -0.494 e. The third-order valence-electron chi connectivity index (χ3n) is 6.39. The highest BCUT2D eigenvalue weighted by Crippen LogP contribution is 2.35. The van der Waals surface area contributed by atoms with Crippen LogP contribution >= 0.6 is 0 Å². The van der Waals surface area contributed by atoms with Gasteiger partial charge in [-0.1, -0.05) is 6.92 Å². The van der Waals surface area contributed by atoms with Crippen molar-refractivity contribution in [3.8, 4) is 5.75 Å². The highest BCUT2D eigenvalue weighted by molar-refractivity contribution is 5.83.